The van der Waals surface area contributed by atoms with Gasteiger partial charge in [0.15, 0.2) is 0 Å². The smallest absolute Gasteiger partial charge is 0.277 e. The molecule has 1 aromatic heterocycles. The third-order valence-electron chi connectivity index (χ3n) is 2.41. The van der Waals surface area contributed by atoms with Crippen LogP contribution in [0.1, 0.15) is 30.4 Å². The molecule has 0 saturated heterocycles. The van der Waals surface area contributed by atoms with Crippen LogP contribution >= 0.6 is 15.9 Å². The fourth-order valence-corrected chi connectivity index (χ4v) is 1.86. The maximum Gasteiger partial charge on any atom is 0.277 e. The van der Waals surface area contributed by atoms with Gasteiger partial charge in [0.2, 0.25) is 0 Å². The summed E-state index contributed by atoms with van der Waals surface area (Å²) < 4.78 is 28.3. The van der Waals surface area contributed by atoms with E-state index >= 15 is 0 Å². The lowest BCUT2D eigenvalue weighted by Crippen LogP contribution is -2.42. The number of carbonyl (C=O) groups is 1. The first-order chi connectivity index (χ1) is 8.26. The molecule has 1 heterocycles. The Morgan fingerprint density at radius 3 is 2.72 bits per heavy atom. The minimum Gasteiger partial charge on any atom is -0.345 e. The van der Waals surface area contributed by atoms with Crippen molar-refractivity contribution < 1.29 is 13.6 Å². The first-order valence-corrected chi connectivity index (χ1v) is 6.29. The van der Waals surface area contributed by atoms with E-state index in [0.29, 0.717) is 5.69 Å². The van der Waals surface area contributed by atoms with Crippen LogP contribution in [0.15, 0.2) is 16.7 Å². The summed E-state index contributed by atoms with van der Waals surface area (Å²) in [6.45, 7) is 2.25. The number of carbonyl (C=O) groups excluding carboxylic acids is 1. The molecule has 0 aliphatic carbocycles. The van der Waals surface area contributed by atoms with Crippen molar-refractivity contribution in [1.82, 2.24) is 9.88 Å². The highest BCUT2D eigenvalue weighted by atomic mass is 79.9. The lowest BCUT2D eigenvalue weighted by molar-refractivity contribution is 0.0117. The third kappa shape index (κ3) is 3.78. The summed E-state index contributed by atoms with van der Waals surface area (Å²) in [5, 5.41) is 2.19. The molecule has 0 atom stereocenters. The van der Waals surface area contributed by atoms with Gasteiger partial charge in [0.25, 0.3) is 11.8 Å². The third-order valence-corrected chi connectivity index (χ3v) is 2.84. The Balaban J connectivity index is 2.79. The molecule has 0 radical (unpaired) electrons. The molecule has 102 valence electrons. The molecule has 0 saturated carbocycles. The van der Waals surface area contributed by atoms with E-state index in [1.165, 1.54) is 0 Å². The van der Waals surface area contributed by atoms with Crippen molar-refractivity contribution in [1.29, 1.82) is 0 Å². The van der Waals surface area contributed by atoms with Crippen molar-refractivity contribution in [2.75, 3.05) is 13.1 Å². The maximum atomic E-state index is 12.9. The van der Waals surface area contributed by atoms with Crippen LogP contribution in [0.5, 0.6) is 0 Å². The van der Waals surface area contributed by atoms with Gasteiger partial charge in [0, 0.05) is 16.7 Å². The van der Waals surface area contributed by atoms with Crippen molar-refractivity contribution in [3.05, 3.63) is 22.4 Å². The number of nitrogens with zero attached hydrogens (tertiary/aromatic N) is 1. The number of amides is 1. The number of hydrogen-bond donors (Lipinski definition) is 2. The summed E-state index contributed by atoms with van der Waals surface area (Å²) in [6, 6.07) is 1.66. The van der Waals surface area contributed by atoms with Gasteiger partial charge in [-0.2, -0.15) is 0 Å². The summed E-state index contributed by atoms with van der Waals surface area (Å²) >= 11 is 3.25. The Morgan fingerprint density at radius 2 is 2.22 bits per heavy atom. The molecule has 0 aromatic carbocycles. The van der Waals surface area contributed by atoms with E-state index < -0.39 is 24.9 Å². The van der Waals surface area contributed by atoms with Crippen LogP contribution in [0.3, 0.4) is 0 Å². The molecule has 1 aromatic rings. The average molecular weight is 324 g/mol. The van der Waals surface area contributed by atoms with Gasteiger partial charge in [-0.25, -0.2) is 8.78 Å². The quantitative estimate of drug-likeness (QED) is 0.872. The van der Waals surface area contributed by atoms with Crippen molar-refractivity contribution in [2.45, 2.75) is 25.8 Å². The van der Waals surface area contributed by atoms with Crippen LogP contribution in [-0.4, -0.2) is 29.5 Å². The fraction of sp³-hybridized carbons (Fsp3) is 0.545. The standard InChI is InChI=1S/C11H16BrF2N3O/c1-7(2)17-4-8(12)3-9(17)10(18)16-6-11(13,14)5-15/h3-4,7H,5-6,15H2,1-2H3,(H,16,18). The highest BCUT2D eigenvalue weighted by Gasteiger charge is 2.28. The molecular weight excluding hydrogens is 308 g/mol. The van der Waals surface area contributed by atoms with Gasteiger partial charge in [-0.15, -0.1) is 0 Å². The maximum absolute atomic E-state index is 12.9. The summed E-state index contributed by atoms with van der Waals surface area (Å²) in [7, 11) is 0. The molecule has 0 bridgehead atoms. The number of hydrogen-bond acceptors (Lipinski definition) is 2. The second-order valence-electron chi connectivity index (χ2n) is 4.29. The van der Waals surface area contributed by atoms with Crippen LogP contribution in [0.25, 0.3) is 0 Å². The van der Waals surface area contributed by atoms with Gasteiger partial charge in [-0.3, -0.25) is 4.79 Å². The summed E-state index contributed by atoms with van der Waals surface area (Å²) in [5.41, 5.74) is 5.24. The molecule has 0 spiro atoms. The average Bonchev–Trinajstić information content (AvgIpc) is 2.68. The molecule has 0 aliphatic heterocycles. The van der Waals surface area contributed by atoms with Crippen molar-refractivity contribution in [2.24, 2.45) is 5.73 Å². The number of nitrogens with one attached hydrogen (secondary N) is 1. The molecule has 18 heavy (non-hydrogen) atoms. The number of halogens is 3. The Kier molecular flexibility index (Phi) is 4.86. The number of rotatable bonds is 5. The zero-order chi connectivity index (χ0) is 13.9. The number of alkyl halides is 2. The van der Waals surface area contributed by atoms with Gasteiger partial charge in [0.1, 0.15) is 5.69 Å². The zero-order valence-electron chi connectivity index (χ0n) is 10.2. The van der Waals surface area contributed by atoms with Gasteiger partial charge in [-0.05, 0) is 35.8 Å². The van der Waals surface area contributed by atoms with Gasteiger partial charge < -0.3 is 15.6 Å². The van der Waals surface area contributed by atoms with E-state index in [1.807, 2.05) is 13.8 Å². The molecule has 4 nitrogen and oxygen atoms in total. The molecular formula is C11H16BrF2N3O. The van der Waals surface area contributed by atoms with Crippen LogP contribution in [0, 0.1) is 0 Å². The minimum atomic E-state index is -3.08. The Hall–Kier alpha value is -0.950. The van der Waals surface area contributed by atoms with Crippen molar-refractivity contribution >= 4 is 21.8 Å². The number of nitrogens with two attached hydrogens (primary N) is 1. The topological polar surface area (TPSA) is 60.0 Å². The van der Waals surface area contributed by atoms with E-state index in [0.717, 1.165) is 4.47 Å². The monoisotopic (exact) mass is 323 g/mol. The van der Waals surface area contributed by atoms with E-state index in [2.05, 4.69) is 21.2 Å². The predicted molar refractivity (Wildman–Crippen MR) is 68.9 cm³/mol. The first-order valence-electron chi connectivity index (χ1n) is 5.50. The molecule has 0 aliphatic rings. The van der Waals surface area contributed by atoms with Gasteiger partial charge in [-0.1, -0.05) is 0 Å². The highest BCUT2D eigenvalue weighted by Crippen LogP contribution is 2.19. The predicted octanol–water partition coefficient (Wildman–Crippen LogP) is 2.16. The molecule has 7 heteroatoms. The molecule has 3 N–H and O–H groups in total. The molecule has 0 unspecified atom stereocenters. The summed E-state index contributed by atoms with van der Waals surface area (Å²) in [6.07, 6.45) is 1.74. The second kappa shape index (κ2) is 5.79. The van der Waals surface area contributed by atoms with Crippen molar-refractivity contribution in [3.63, 3.8) is 0 Å². The summed E-state index contributed by atoms with van der Waals surface area (Å²) in [4.78, 5) is 11.8. The van der Waals surface area contributed by atoms with E-state index in [9.17, 15) is 13.6 Å². The fourth-order valence-electron chi connectivity index (χ4n) is 1.43. The second-order valence-corrected chi connectivity index (χ2v) is 5.20. The van der Waals surface area contributed by atoms with Crippen LogP contribution < -0.4 is 11.1 Å². The molecule has 1 rings (SSSR count). The number of aromatic nitrogens is 1. The zero-order valence-corrected chi connectivity index (χ0v) is 11.8. The van der Waals surface area contributed by atoms with E-state index in [-0.39, 0.29) is 6.04 Å². The molecule has 0 fully saturated rings. The highest BCUT2D eigenvalue weighted by molar-refractivity contribution is 9.10. The summed E-state index contributed by atoms with van der Waals surface area (Å²) in [5.74, 6) is -3.62. The SMILES string of the molecule is CC(C)n1cc(Br)cc1C(=O)NCC(F)(F)CN. The van der Waals surface area contributed by atoms with Crippen molar-refractivity contribution in [3.8, 4) is 0 Å². The van der Waals surface area contributed by atoms with E-state index in [4.69, 9.17) is 5.73 Å². The van der Waals surface area contributed by atoms with Crippen LogP contribution in [-0.2, 0) is 0 Å². The minimum absolute atomic E-state index is 0.0621. The lowest BCUT2D eigenvalue weighted by Gasteiger charge is -2.16. The normalized spacial score (nSPS) is 11.9. The Morgan fingerprint density at radius 1 is 1.61 bits per heavy atom. The van der Waals surface area contributed by atoms with Gasteiger partial charge >= 0.3 is 0 Å². The van der Waals surface area contributed by atoms with Crippen LogP contribution in [0.4, 0.5) is 8.78 Å². The lowest BCUT2D eigenvalue weighted by atomic mass is 10.3. The van der Waals surface area contributed by atoms with Gasteiger partial charge in [0.05, 0.1) is 13.1 Å². The Bertz CT molecular complexity index is 432. The molecule has 1 amide bonds. The largest absolute Gasteiger partial charge is 0.345 e. The first kappa shape index (κ1) is 15.1. The Labute approximate surface area is 113 Å². The van der Waals surface area contributed by atoms with E-state index in [1.54, 1.807) is 16.8 Å². The van der Waals surface area contributed by atoms with Crippen LogP contribution in [0.2, 0.25) is 0 Å².